The van der Waals surface area contributed by atoms with Crippen molar-refractivity contribution in [1.82, 2.24) is 5.32 Å². The van der Waals surface area contributed by atoms with E-state index in [1.54, 1.807) is 6.07 Å². The third kappa shape index (κ3) is 5.69. The second-order valence-electron chi connectivity index (χ2n) is 5.62. The van der Waals surface area contributed by atoms with E-state index in [9.17, 15) is 4.39 Å². The van der Waals surface area contributed by atoms with Crippen molar-refractivity contribution in [2.75, 3.05) is 13.2 Å². The van der Waals surface area contributed by atoms with E-state index in [2.05, 4.69) is 33.0 Å². The van der Waals surface area contributed by atoms with Crippen molar-refractivity contribution >= 4 is 11.6 Å². The van der Waals surface area contributed by atoms with E-state index < -0.39 is 5.82 Å². The summed E-state index contributed by atoms with van der Waals surface area (Å²) in [7, 11) is 0. The van der Waals surface area contributed by atoms with E-state index in [1.807, 2.05) is 0 Å². The first-order valence-electron chi connectivity index (χ1n) is 6.11. The zero-order chi connectivity index (χ0) is 13.8. The predicted molar refractivity (Wildman–Crippen MR) is 73.8 cm³/mol. The van der Waals surface area contributed by atoms with Crippen LogP contribution in [-0.2, 0) is 0 Å². The van der Waals surface area contributed by atoms with E-state index in [1.165, 1.54) is 12.1 Å². The first-order valence-corrected chi connectivity index (χ1v) is 6.48. The Hall–Kier alpha value is -0.800. The summed E-state index contributed by atoms with van der Waals surface area (Å²) < 4.78 is 18.7. The van der Waals surface area contributed by atoms with E-state index >= 15 is 0 Å². The normalized spacial score (nSPS) is 13.4. The average Bonchev–Trinajstić information content (AvgIpc) is 2.27. The molecule has 0 saturated heterocycles. The van der Waals surface area contributed by atoms with Gasteiger partial charge in [-0.1, -0.05) is 18.5 Å². The van der Waals surface area contributed by atoms with Crippen LogP contribution in [0.4, 0.5) is 4.39 Å². The third-order valence-electron chi connectivity index (χ3n) is 2.41. The number of ether oxygens (including phenoxy) is 1. The highest BCUT2D eigenvalue weighted by Gasteiger charge is 2.11. The molecule has 0 bridgehead atoms. The largest absolute Gasteiger partial charge is 0.493 e. The molecule has 4 heteroatoms. The minimum atomic E-state index is -0.449. The van der Waals surface area contributed by atoms with Crippen LogP contribution in [0.1, 0.15) is 27.7 Å². The smallest absolute Gasteiger partial charge is 0.145 e. The summed E-state index contributed by atoms with van der Waals surface area (Å²) in [6.07, 6.45) is 0. The van der Waals surface area contributed by atoms with Crippen LogP contribution in [0.5, 0.6) is 5.75 Å². The van der Waals surface area contributed by atoms with Crippen LogP contribution < -0.4 is 10.1 Å². The van der Waals surface area contributed by atoms with Crippen LogP contribution in [0.15, 0.2) is 18.2 Å². The molecular formula is C14H21ClFNO. The van der Waals surface area contributed by atoms with Gasteiger partial charge in [0.05, 0.1) is 11.6 Å². The predicted octanol–water partition coefficient (Wildman–Crippen LogP) is 3.88. The Morgan fingerprint density at radius 1 is 1.39 bits per heavy atom. The lowest BCUT2D eigenvalue weighted by atomic mass is 10.1. The molecule has 0 aliphatic carbocycles. The molecule has 1 aromatic carbocycles. The van der Waals surface area contributed by atoms with Crippen molar-refractivity contribution in [2.24, 2.45) is 5.92 Å². The average molecular weight is 274 g/mol. The molecule has 18 heavy (non-hydrogen) atoms. The molecule has 0 radical (unpaired) electrons. The quantitative estimate of drug-likeness (QED) is 0.879. The molecular weight excluding hydrogens is 253 g/mol. The van der Waals surface area contributed by atoms with Crippen molar-refractivity contribution in [3.8, 4) is 5.75 Å². The molecule has 1 atom stereocenters. The van der Waals surface area contributed by atoms with Crippen LogP contribution in [0.3, 0.4) is 0 Å². The molecule has 0 aromatic heterocycles. The lowest BCUT2D eigenvalue weighted by molar-refractivity contribution is 0.243. The van der Waals surface area contributed by atoms with E-state index in [4.69, 9.17) is 16.3 Å². The zero-order valence-corrected chi connectivity index (χ0v) is 12.1. The summed E-state index contributed by atoms with van der Waals surface area (Å²) in [5, 5.41) is 3.52. The Bertz CT molecular complexity index is 390. The SMILES string of the molecule is CC(CNC(C)(C)C)COc1ccc(Cl)c(F)c1. The Labute approximate surface area is 113 Å². The molecule has 0 amide bonds. The number of hydrogen-bond donors (Lipinski definition) is 1. The Kier molecular flexibility index (Phi) is 5.42. The molecule has 0 saturated carbocycles. The second kappa shape index (κ2) is 6.39. The fraction of sp³-hybridized carbons (Fsp3) is 0.571. The highest BCUT2D eigenvalue weighted by atomic mass is 35.5. The summed E-state index contributed by atoms with van der Waals surface area (Å²) in [4.78, 5) is 0. The molecule has 102 valence electrons. The zero-order valence-electron chi connectivity index (χ0n) is 11.4. The molecule has 0 fully saturated rings. The van der Waals surface area contributed by atoms with Gasteiger partial charge in [-0.05, 0) is 32.9 Å². The number of nitrogens with one attached hydrogen (secondary N) is 1. The summed E-state index contributed by atoms with van der Waals surface area (Å²) >= 11 is 5.60. The first-order chi connectivity index (χ1) is 8.28. The highest BCUT2D eigenvalue weighted by molar-refractivity contribution is 6.30. The van der Waals surface area contributed by atoms with Crippen LogP contribution in [0, 0.1) is 11.7 Å². The molecule has 0 aliphatic heterocycles. The van der Waals surface area contributed by atoms with Gasteiger partial charge < -0.3 is 10.1 Å². The van der Waals surface area contributed by atoms with Crippen LogP contribution in [0.25, 0.3) is 0 Å². The van der Waals surface area contributed by atoms with Crippen molar-refractivity contribution < 1.29 is 9.13 Å². The van der Waals surface area contributed by atoms with Crippen molar-refractivity contribution in [1.29, 1.82) is 0 Å². The maximum Gasteiger partial charge on any atom is 0.145 e. The Balaban J connectivity index is 2.38. The number of rotatable bonds is 5. The first kappa shape index (κ1) is 15.3. The molecule has 1 aromatic rings. The van der Waals surface area contributed by atoms with Gasteiger partial charge in [-0.2, -0.15) is 0 Å². The van der Waals surface area contributed by atoms with Crippen LogP contribution in [-0.4, -0.2) is 18.7 Å². The van der Waals surface area contributed by atoms with Gasteiger partial charge >= 0.3 is 0 Å². The summed E-state index contributed by atoms with van der Waals surface area (Å²) in [6, 6.07) is 4.49. The second-order valence-corrected chi connectivity index (χ2v) is 6.03. The molecule has 0 aliphatic rings. The minimum Gasteiger partial charge on any atom is -0.493 e. The minimum absolute atomic E-state index is 0.0979. The standard InChI is InChI=1S/C14H21ClFNO/c1-10(8-17-14(2,3)4)9-18-11-5-6-12(15)13(16)7-11/h5-7,10,17H,8-9H2,1-4H3. The van der Waals surface area contributed by atoms with E-state index in [0.29, 0.717) is 18.3 Å². The Morgan fingerprint density at radius 2 is 2.06 bits per heavy atom. The maximum atomic E-state index is 13.2. The Morgan fingerprint density at radius 3 is 2.61 bits per heavy atom. The number of halogens is 2. The molecule has 1 N–H and O–H groups in total. The van der Waals surface area contributed by atoms with Crippen LogP contribution in [0.2, 0.25) is 5.02 Å². The van der Waals surface area contributed by atoms with Gasteiger partial charge in [0.15, 0.2) is 0 Å². The van der Waals surface area contributed by atoms with Gasteiger partial charge in [0.1, 0.15) is 11.6 Å². The highest BCUT2D eigenvalue weighted by Crippen LogP contribution is 2.20. The molecule has 0 heterocycles. The molecule has 1 unspecified atom stereocenters. The van der Waals surface area contributed by atoms with E-state index in [0.717, 1.165) is 6.54 Å². The fourth-order valence-corrected chi connectivity index (χ4v) is 1.46. The van der Waals surface area contributed by atoms with Crippen molar-refractivity contribution in [3.05, 3.63) is 29.0 Å². The fourth-order valence-electron chi connectivity index (χ4n) is 1.34. The molecule has 1 rings (SSSR count). The lowest BCUT2D eigenvalue weighted by Gasteiger charge is -2.23. The molecule has 0 spiro atoms. The lowest BCUT2D eigenvalue weighted by Crippen LogP contribution is -2.39. The monoisotopic (exact) mass is 273 g/mol. The van der Waals surface area contributed by atoms with Gasteiger partial charge in [0, 0.05) is 24.1 Å². The van der Waals surface area contributed by atoms with Gasteiger partial charge in [-0.15, -0.1) is 0 Å². The maximum absolute atomic E-state index is 13.2. The summed E-state index contributed by atoms with van der Waals surface area (Å²) in [5.74, 6) is 0.414. The van der Waals surface area contributed by atoms with Gasteiger partial charge in [-0.25, -0.2) is 4.39 Å². The summed E-state index contributed by atoms with van der Waals surface area (Å²) in [5.41, 5.74) is 0.0979. The molecule has 2 nitrogen and oxygen atoms in total. The van der Waals surface area contributed by atoms with E-state index in [-0.39, 0.29) is 10.6 Å². The van der Waals surface area contributed by atoms with Gasteiger partial charge in [0.25, 0.3) is 0 Å². The van der Waals surface area contributed by atoms with Crippen molar-refractivity contribution in [2.45, 2.75) is 33.2 Å². The topological polar surface area (TPSA) is 21.3 Å². The third-order valence-corrected chi connectivity index (χ3v) is 2.71. The van der Waals surface area contributed by atoms with Crippen molar-refractivity contribution in [3.63, 3.8) is 0 Å². The summed E-state index contributed by atoms with van der Waals surface area (Å²) in [6.45, 7) is 9.86. The van der Waals surface area contributed by atoms with Gasteiger partial charge in [-0.3, -0.25) is 0 Å². The van der Waals surface area contributed by atoms with Crippen LogP contribution >= 0.6 is 11.6 Å². The number of hydrogen-bond acceptors (Lipinski definition) is 2. The number of benzene rings is 1. The van der Waals surface area contributed by atoms with Gasteiger partial charge in [0.2, 0.25) is 0 Å².